The first-order valence-corrected chi connectivity index (χ1v) is 13.5. The minimum Gasteiger partial charge on any atom is -0.425 e. The fourth-order valence-corrected chi connectivity index (χ4v) is 6.26. The highest BCUT2D eigenvalue weighted by molar-refractivity contribution is 6.24. The molecule has 42 heavy (non-hydrogen) atoms. The lowest BCUT2D eigenvalue weighted by molar-refractivity contribution is -0.139. The van der Waals surface area contributed by atoms with Crippen molar-refractivity contribution in [1.82, 2.24) is 0 Å². The Balaban J connectivity index is 1.23. The van der Waals surface area contributed by atoms with E-state index in [9.17, 15) is 23.6 Å². The quantitative estimate of drug-likeness (QED) is 0.148. The number of esters is 1. The van der Waals surface area contributed by atoms with Gasteiger partial charge in [0.2, 0.25) is 11.8 Å². The van der Waals surface area contributed by atoms with Crippen LogP contribution in [0.3, 0.4) is 0 Å². The van der Waals surface area contributed by atoms with Crippen LogP contribution in [0.15, 0.2) is 109 Å². The van der Waals surface area contributed by atoms with E-state index in [1.807, 2.05) is 42.5 Å². The van der Waals surface area contributed by atoms with Gasteiger partial charge in [-0.15, -0.1) is 0 Å². The fraction of sp³-hybridized carbons (Fsp3) is 0.118. The van der Waals surface area contributed by atoms with Crippen LogP contribution in [0.2, 0.25) is 0 Å². The molecule has 0 aliphatic carbocycles. The van der Waals surface area contributed by atoms with E-state index in [2.05, 4.69) is 0 Å². The summed E-state index contributed by atoms with van der Waals surface area (Å²) in [5.41, 5.74) is 2.64. The number of amides is 2. The number of benzene rings is 4. The number of para-hydroxylation sites is 1. The second-order valence-electron chi connectivity index (χ2n) is 10.4. The average Bonchev–Trinajstić information content (AvgIpc) is 3.50. The molecule has 4 aromatic rings. The molecule has 4 aromatic carbocycles. The molecule has 0 radical (unpaired) electrons. The van der Waals surface area contributed by atoms with Crippen LogP contribution in [0, 0.1) is 17.7 Å². The fourth-order valence-electron chi connectivity index (χ4n) is 6.26. The molecule has 3 heterocycles. The van der Waals surface area contributed by atoms with Crippen molar-refractivity contribution in [2.75, 3.05) is 9.80 Å². The van der Waals surface area contributed by atoms with Crippen molar-refractivity contribution >= 4 is 41.0 Å². The zero-order valence-corrected chi connectivity index (χ0v) is 22.1. The van der Waals surface area contributed by atoms with Crippen LogP contribution in [-0.4, -0.2) is 35.7 Å². The van der Waals surface area contributed by atoms with E-state index in [4.69, 9.17) is 4.74 Å². The summed E-state index contributed by atoms with van der Waals surface area (Å²) < 4.78 is 19.9. The molecule has 2 amide bonds. The number of fused-ring (bicyclic) bond motifs is 5. The van der Waals surface area contributed by atoms with E-state index in [0.717, 1.165) is 16.5 Å². The number of carbonyl (C=O) groups excluding carboxylic acids is 4. The SMILES string of the molecule is O=C(c1ccccc1)c1ccc(OC(=O)[C@H]2[C@H]3C(=O)N(c4cccc(F)c4)C(=O)[C@H]3[C@@H]3C=Cc4ccccc4N32)cc1. The molecule has 0 unspecified atom stereocenters. The van der Waals surface area contributed by atoms with Gasteiger partial charge in [-0.05, 0) is 54.1 Å². The van der Waals surface area contributed by atoms with E-state index in [1.165, 1.54) is 30.3 Å². The lowest BCUT2D eigenvalue weighted by atomic mass is 9.89. The first-order valence-electron chi connectivity index (χ1n) is 13.5. The third-order valence-corrected chi connectivity index (χ3v) is 8.09. The zero-order valence-electron chi connectivity index (χ0n) is 22.1. The van der Waals surface area contributed by atoms with Crippen molar-refractivity contribution in [3.63, 3.8) is 0 Å². The van der Waals surface area contributed by atoms with Gasteiger partial charge in [0.05, 0.1) is 23.6 Å². The maximum absolute atomic E-state index is 14.1. The van der Waals surface area contributed by atoms with Gasteiger partial charge in [-0.1, -0.05) is 66.7 Å². The number of hydrogen-bond donors (Lipinski definition) is 0. The number of ketones is 1. The van der Waals surface area contributed by atoms with Gasteiger partial charge >= 0.3 is 5.97 Å². The first kappa shape index (κ1) is 25.6. The summed E-state index contributed by atoms with van der Waals surface area (Å²) >= 11 is 0. The number of ether oxygens (including phenoxy) is 1. The minimum absolute atomic E-state index is 0.122. The first-order chi connectivity index (χ1) is 20.4. The van der Waals surface area contributed by atoms with Crippen molar-refractivity contribution in [3.8, 4) is 5.75 Å². The van der Waals surface area contributed by atoms with Crippen LogP contribution < -0.4 is 14.5 Å². The number of hydrogen-bond acceptors (Lipinski definition) is 6. The van der Waals surface area contributed by atoms with E-state index in [1.54, 1.807) is 41.3 Å². The summed E-state index contributed by atoms with van der Waals surface area (Å²) in [4.78, 5) is 57.1. The molecule has 7 nitrogen and oxygen atoms in total. The summed E-state index contributed by atoms with van der Waals surface area (Å²) in [7, 11) is 0. The standard InChI is InChI=1S/C34H23FN2O5/c35-23-10-6-11-24(19-23)36-32(39)28-27-18-15-20-7-4-5-12-26(20)37(27)30(29(28)33(36)40)34(41)42-25-16-13-22(14-17-25)31(38)21-8-2-1-3-9-21/h1-19,27-30H/t27-,28-,29-,30+/m0/s1. The Kier molecular flexibility index (Phi) is 6.04. The van der Waals surface area contributed by atoms with Gasteiger partial charge in [-0.3, -0.25) is 14.4 Å². The average molecular weight is 559 g/mol. The molecule has 3 aliphatic rings. The zero-order chi connectivity index (χ0) is 29.0. The van der Waals surface area contributed by atoms with Crippen molar-refractivity contribution in [1.29, 1.82) is 0 Å². The summed E-state index contributed by atoms with van der Waals surface area (Å²) in [6.07, 6.45) is 3.71. The van der Waals surface area contributed by atoms with Gasteiger partial charge in [-0.2, -0.15) is 0 Å². The van der Waals surface area contributed by atoms with Gasteiger partial charge in [0, 0.05) is 16.8 Å². The maximum atomic E-state index is 14.1. The number of halogens is 1. The maximum Gasteiger partial charge on any atom is 0.335 e. The Morgan fingerprint density at radius 1 is 0.738 bits per heavy atom. The monoisotopic (exact) mass is 558 g/mol. The largest absolute Gasteiger partial charge is 0.425 e. The van der Waals surface area contributed by atoms with Gasteiger partial charge in [0.25, 0.3) is 0 Å². The topological polar surface area (TPSA) is 84.0 Å². The Labute approximate surface area is 240 Å². The predicted molar refractivity (Wildman–Crippen MR) is 153 cm³/mol. The van der Waals surface area contributed by atoms with Crippen LogP contribution in [0.1, 0.15) is 21.5 Å². The molecular formula is C34H23FN2O5. The molecule has 0 saturated carbocycles. The van der Waals surface area contributed by atoms with Crippen molar-refractivity contribution in [2.45, 2.75) is 12.1 Å². The van der Waals surface area contributed by atoms with Crippen molar-refractivity contribution < 1.29 is 28.3 Å². The van der Waals surface area contributed by atoms with Crippen LogP contribution >= 0.6 is 0 Å². The molecule has 3 aliphatic heterocycles. The number of anilines is 2. The molecule has 4 atom stereocenters. The highest BCUT2D eigenvalue weighted by atomic mass is 19.1. The molecule has 0 bridgehead atoms. The minimum atomic E-state index is -1.12. The molecule has 0 aromatic heterocycles. The lowest BCUT2D eigenvalue weighted by Crippen LogP contribution is -2.50. The Hall–Kier alpha value is -5.37. The van der Waals surface area contributed by atoms with E-state index < -0.39 is 47.5 Å². The van der Waals surface area contributed by atoms with Crippen LogP contribution in [0.25, 0.3) is 6.08 Å². The van der Waals surface area contributed by atoms with Gasteiger partial charge in [-0.25, -0.2) is 14.1 Å². The van der Waals surface area contributed by atoms with E-state index in [-0.39, 0.29) is 17.2 Å². The smallest absolute Gasteiger partial charge is 0.335 e. The highest BCUT2D eigenvalue weighted by Gasteiger charge is 2.65. The second-order valence-corrected chi connectivity index (χ2v) is 10.4. The van der Waals surface area contributed by atoms with Crippen LogP contribution in [0.5, 0.6) is 5.75 Å². The summed E-state index contributed by atoms with van der Waals surface area (Å²) in [5, 5.41) is 0. The number of nitrogens with zero attached hydrogens (tertiary/aromatic N) is 2. The van der Waals surface area contributed by atoms with Crippen molar-refractivity contribution in [2.24, 2.45) is 11.8 Å². The summed E-state index contributed by atoms with van der Waals surface area (Å²) in [5.74, 6) is -4.24. The normalized spacial score (nSPS) is 22.0. The number of carbonyl (C=O) groups is 4. The summed E-state index contributed by atoms with van der Waals surface area (Å²) in [6.45, 7) is 0. The van der Waals surface area contributed by atoms with Crippen LogP contribution in [-0.2, 0) is 14.4 Å². The molecule has 8 heteroatoms. The third-order valence-electron chi connectivity index (χ3n) is 8.09. The predicted octanol–water partition coefficient (Wildman–Crippen LogP) is 5.05. The molecule has 2 saturated heterocycles. The van der Waals surface area contributed by atoms with Gasteiger partial charge < -0.3 is 9.64 Å². The van der Waals surface area contributed by atoms with E-state index in [0.29, 0.717) is 16.8 Å². The molecule has 0 spiro atoms. The Bertz CT molecular complexity index is 1790. The third kappa shape index (κ3) is 4.03. The highest BCUT2D eigenvalue weighted by Crippen LogP contribution is 2.49. The van der Waals surface area contributed by atoms with E-state index >= 15 is 0 Å². The molecule has 7 rings (SSSR count). The van der Waals surface area contributed by atoms with Crippen LogP contribution in [0.4, 0.5) is 15.8 Å². The molecule has 2 fully saturated rings. The number of imide groups is 1. The number of rotatable bonds is 5. The molecule has 206 valence electrons. The lowest BCUT2D eigenvalue weighted by Gasteiger charge is -2.36. The Morgan fingerprint density at radius 2 is 1.43 bits per heavy atom. The second kappa shape index (κ2) is 9.92. The van der Waals surface area contributed by atoms with Crippen molar-refractivity contribution in [3.05, 3.63) is 132 Å². The molecule has 0 N–H and O–H groups in total. The Morgan fingerprint density at radius 3 is 2.19 bits per heavy atom. The van der Waals surface area contributed by atoms with Gasteiger partial charge in [0.1, 0.15) is 17.6 Å². The van der Waals surface area contributed by atoms with Gasteiger partial charge in [0.15, 0.2) is 5.78 Å². The molecular weight excluding hydrogens is 535 g/mol. The summed E-state index contributed by atoms with van der Waals surface area (Å²) in [6, 6.07) is 26.1.